The zero-order valence-corrected chi connectivity index (χ0v) is 16.1. The zero-order chi connectivity index (χ0) is 19.8. The van der Waals surface area contributed by atoms with Crippen molar-refractivity contribution in [1.29, 1.82) is 0 Å². The third-order valence-electron chi connectivity index (χ3n) is 5.54. The number of benzene rings is 2. The van der Waals surface area contributed by atoms with E-state index in [1.807, 2.05) is 31.2 Å². The van der Waals surface area contributed by atoms with Gasteiger partial charge in [-0.1, -0.05) is 18.2 Å². The summed E-state index contributed by atoms with van der Waals surface area (Å²) in [6.45, 7) is 1.99. The maximum absolute atomic E-state index is 13.2. The third-order valence-corrected chi connectivity index (χ3v) is 5.54. The molecule has 1 atom stereocenters. The topological polar surface area (TPSA) is 66.8 Å². The van der Waals surface area contributed by atoms with Gasteiger partial charge in [0.05, 0.1) is 7.11 Å². The summed E-state index contributed by atoms with van der Waals surface area (Å²) in [5.41, 5.74) is 4.24. The second kappa shape index (κ2) is 7.15. The van der Waals surface area contributed by atoms with Gasteiger partial charge in [0.1, 0.15) is 0 Å². The number of amides is 1. The smallest absolute Gasteiger partial charge is 0.232 e. The van der Waals surface area contributed by atoms with E-state index in [1.165, 1.54) is 7.11 Å². The van der Waals surface area contributed by atoms with Crippen LogP contribution in [0.4, 0.5) is 5.69 Å². The number of hydrogen-bond donors (Lipinski definition) is 1. The van der Waals surface area contributed by atoms with Crippen molar-refractivity contribution in [2.24, 2.45) is 0 Å². The molecule has 28 heavy (non-hydrogen) atoms. The van der Waals surface area contributed by atoms with E-state index < -0.39 is 0 Å². The second-order valence-corrected chi connectivity index (χ2v) is 7.39. The SMILES string of the molecule is COc1cc(C2CC(=O)N(c3cccc(C)c3)C3=C2C(=O)CCC3)ccc1O. The quantitative estimate of drug-likeness (QED) is 0.869. The first-order valence-electron chi connectivity index (χ1n) is 9.52. The fraction of sp³-hybridized carbons (Fsp3) is 0.304. The summed E-state index contributed by atoms with van der Waals surface area (Å²) < 4.78 is 5.22. The lowest BCUT2D eigenvalue weighted by Gasteiger charge is -2.38. The van der Waals surface area contributed by atoms with Crippen LogP contribution in [0.3, 0.4) is 0 Å². The molecule has 2 aromatic carbocycles. The van der Waals surface area contributed by atoms with Crippen molar-refractivity contribution in [2.45, 2.75) is 38.5 Å². The summed E-state index contributed by atoms with van der Waals surface area (Å²) in [5.74, 6) is 0.154. The van der Waals surface area contributed by atoms with E-state index in [0.29, 0.717) is 18.6 Å². The number of carbonyl (C=O) groups is 2. The Labute approximate surface area is 164 Å². The molecule has 5 heteroatoms. The van der Waals surface area contributed by atoms with Crippen molar-refractivity contribution >= 4 is 17.4 Å². The fourth-order valence-corrected chi connectivity index (χ4v) is 4.26. The van der Waals surface area contributed by atoms with Crippen LogP contribution in [0.1, 0.15) is 42.7 Å². The van der Waals surface area contributed by atoms with Crippen LogP contribution in [0.2, 0.25) is 0 Å². The van der Waals surface area contributed by atoms with Gasteiger partial charge in [-0.05, 0) is 55.2 Å². The maximum Gasteiger partial charge on any atom is 0.232 e. The number of ether oxygens (including phenoxy) is 1. The van der Waals surface area contributed by atoms with Crippen molar-refractivity contribution in [1.82, 2.24) is 0 Å². The van der Waals surface area contributed by atoms with Crippen molar-refractivity contribution in [3.63, 3.8) is 0 Å². The number of rotatable bonds is 3. The van der Waals surface area contributed by atoms with E-state index in [9.17, 15) is 14.7 Å². The Balaban J connectivity index is 1.86. The third kappa shape index (κ3) is 3.07. The Bertz CT molecular complexity index is 992. The highest BCUT2D eigenvalue weighted by atomic mass is 16.5. The number of Topliss-reactive ketones (excluding diaryl/α,β-unsaturated/α-hetero) is 1. The van der Waals surface area contributed by atoms with Crippen molar-refractivity contribution in [3.05, 3.63) is 64.9 Å². The lowest BCUT2D eigenvalue weighted by molar-refractivity contribution is -0.119. The molecular formula is C23H23NO4. The molecule has 5 nitrogen and oxygen atoms in total. The highest BCUT2D eigenvalue weighted by Gasteiger charge is 2.39. The van der Waals surface area contributed by atoms with Gasteiger partial charge < -0.3 is 9.84 Å². The molecule has 1 aliphatic carbocycles. The van der Waals surface area contributed by atoms with Crippen LogP contribution in [-0.2, 0) is 9.59 Å². The van der Waals surface area contributed by atoms with Gasteiger partial charge in [0.2, 0.25) is 5.91 Å². The number of methoxy groups -OCH3 is 1. The first-order valence-corrected chi connectivity index (χ1v) is 9.52. The van der Waals surface area contributed by atoms with E-state index in [1.54, 1.807) is 23.1 Å². The summed E-state index contributed by atoms with van der Waals surface area (Å²) >= 11 is 0. The number of aryl methyl sites for hydroxylation is 1. The molecule has 2 aromatic rings. The van der Waals surface area contributed by atoms with E-state index in [4.69, 9.17) is 4.74 Å². The van der Waals surface area contributed by atoms with Crippen LogP contribution in [0.15, 0.2) is 53.7 Å². The molecule has 0 bridgehead atoms. The molecule has 1 N–H and O–H groups in total. The second-order valence-electron chi connectivity index (χ2n) is 7.39. The van der Waals surface area contributed by atoms with Crippen molar-refractivity contribution in [2.75, 3.05) is 12.0 Å². The Hall–Kier alpha value is -3.08. The maximum atomic E-state index is 13.2. The minimum Gasteiger partial charge on any atom is -0.504 e. The minimum atomic E-state index is -0.314. The van der Waals surface area contributed by atoms with Gasteiger partial charge in [0.25, 0.3) is 0 Å². The monoisotopic (exact) mass is 377 g/mol. The summed E-state index contributed by atoms with van der Waals surface area (Å²) in [6, 6.07) is 12.9. The molecule has 0 spiro atoms. The normalized spacial score (nSPS) is 19.6. The van der Waals surface area contributed by atoms with Crippen LogP contribution in [-0.4, -0.2) is 23.9 Å². The zero-order valence-electron chi connectivity index (χ0n) is 16.1. The first kappa shape index (κ1) is 18.3. The molecule has 144 valence electrons. The average Bonchev–Trinajstić information content (AvgIpc) is 2.68. The molecule has 0 saturated carbocycles. The standard InChI is InChI=1S/C23H23NO4/c1-14-5-3-6-16(11-14)24-18-7-4-8-20(26)23(18)17(13-22(24)27)15-9-10-19(25)21(12-15)28-2/h3,5-6,9-12,17,25H,4,7-8,13H2,1-2H3. The predicted molar refractivity (Wildman–Crippen MR) is 107 cm³/mol. The predicted octanol–water partition coefficient (Wildman–Crippen LogP) is 4.24. The molecule has 1 heterocycles. The van der Waals surface area contributed by atoms with Crippen LogP contribution < -0.4 is 9.64 Å². The summed E-state index contributed by atoms with van der Waals surface area (Å²) in [4.78, 5) is 27.8. The van der Waals surface area contributed by atoms with E-state index in [0.717, 1.165) is 34.5 Å². The molecule has 0 aromatic heterocycles. The highest BCUT2D eigenvalue weighted by molar-refractivity contribution is 6.07. The molecule has 0 saturated heterocycles. The summed E-state index contributed by atoms with van der Waals surface area (Å²) in [7, 11) is 1.49. The number of hydrogen-bond acceptors (Lipinski definition) is 4. The van der Waals surface area contributed by atoms with Crippen LogP contribution in [0.5, 0.6) is 11.5 Å². The molecular weight excluding hydrogens is 354 g/mol. The average molecular weight is 377 g/mol. The number of phenolic OH excluding ortho intramolecular Hbond substituents is 1. The Kier molecular flexibility index (Phi) is 4.67. The van der Waals surface area contributed by atoms with Gasteiger partial charge in [-0.15, -0.1) is 0 Å². The lowest BCUT2D eigenvalue weighted by atomic mass is 9.77. The fourth-order valence-electron chi connectivity index (χ4n) is 4.26. The minimum absolute atomic E-state index is 0.0175. The van der Waals surface area contributed by atoms with E-state index >= 15 is 0 Å². The number of allylic oxidation sites excluding steroid dienone is 2. The van der Waals surface area contributed by atoms with Gasteiger partial charge >= 0.3 is 0 Å². The molecule has 1 aliphatic heterocycles. The number of phenols is 1. The van der Waals surface area contributed by atoms with Crippen molar-refractivity contribution in [3.8, 4) is 11.5 Å². The molecule has 1 unspecified atom stereocenters. The summed E-state index contributed by atoms with van der Waals surface area (Å²) in [5, 5.41) is 9.91. The first-order chi connectivity index (χ1) is 13.5. The van der Waals surface area contributed by atoms with Gasteiger partial charge in [0, 0.05) is 35.7 Å². The van der Waals surface area contributed by atoms with Gasteiger partial charge in [-0.2, -0.15) is 0 Å². The molecule has 2 aliphatic rings. The number of carbonyl (C=O) groups excluding carboxylic acids is 2. The highest BCUT2D eigenvalue weighted by Crippen LogP contribution is 2.44. The van der Waals surface area contributed by atoms with Crippen molar-refractivity contribution < 1.29 is 19.4 Å². The van der Waals surface area contributed by atoms with Crippen LogP contribution >= 0.6 is 0 Å². The number of nitrogens with zero attached hydrogens (tertiary/aromatic N) is 1. The Morgan fingerprint density at radius 2 is 1.93 bits per heavy atom. The van der Waals surface area contributed by atoms with Gasteiger partial charge in [-0.3, -0.25) is 14.5 Å². The Morgan fingerprint density at radius 3 is 2.68 bits per heavy atom. The summed E-state index contributed by atoms with van der Waals surface area (Å²) in [6.07, 6.45) is 2.16. The number of ketones is 1. The van der Waals surface area contributed by atoms with E-state index in [2.05, 4.69) is 0 Å². The van der Waals surface area contributed by atoms with E-state index in [-0.39, 0.29) is 29.8 Å². The van der Waals surface area contributed by atoms with Crippen LogP contribution in [0, 0.1) is 6.92 Å². The Morgan fingerprint density at radius 1 is 1.11 bits per heavy atom. The molecule has 0 fully saturated rings. The van der Waals surface area contributed by atoms with Gasteiger partial charge in [-0.25, -0.2) is 0 Å². The lowest BCUT2D eigenvalue weighted by Crippen LogP contribution is -2.40. The molecule has 1 amide bonds. The largest absolute Gasteiger partial charge is 0.504 e. The van der Waals surface area contributed by atoms with Crippen LogP contribution in [0.25, 0.3) is 0 Å². The molecule has 4 rings (SSSR count). The number of aromatic hydroxyl groups is 1. The number of anilines is 1. The molecule has 0 radical (unpaired) electrons. The van der Waals surface area contributed by atoms with Gasteiger partial charge in [0.15, 0.2) is 17.3 Å².